The normalized spacial score (nSPS) is 24.0. The molecule has 0 aromatic heterocycles. The van der Waals surface area contributed by atoms with E-state index in [0.29, 0.717) is 11.5 Å². The topological polar surface area (TPSA) is 56.0 Å². The van der Waals surface area contributed by atoms with Crippen molar-refractivity contribution in [2.75, 3.05) is 11.9 Å². The maximum Gasteiger partial charge on any atom is 0.0992 e. The molecule has 3 nitrogen and oxygen atoms in total. The van der Waals surface area contributed by atoms with E-state index in [-0.39, 0.29) is 6.10 Å². The minimum Gasteiger partial charge on any atom is -0.393 e. The van der Waals surface area contributed by atoms with Gasteiger partial charge in [0, 0.05) is 18.2 Å². The third-order valence-electron chi connectivity index (χ3n) is 3.18. The minimum absolute atomic E-state index is 0.161. The molecular weight excluding hydrogens is 200 g/mol. The summed E-state index contributed by atoms with van der Waals surface area (Å²) in [5.74, 6) is 0.353. The lowest BCUT2D eigenvalue weighted by molar-refractivity contribution is 0.138. The van der Waals surface area contributed by atoms with Gasteiger partial charge in [-0.05, 0) is 31.0 Å². The van der Waals surface area contributed by atoms with Gasteiger partial charge in [0.2, 0.25) is 0 Å². The molecule has 1 saturated carbocycles. The summed E-state index contributed by atoms with van der Waals surface area (Å²) >= 11 is 0. The van der Waals surface area contributed by atoms with Crippen LogP contribution in [0.5, 0.6) is 0 Å². The van der Waals surface area contributed by atoms with E-state index in [4.69, 9.17) is 5.26 Å². The van der Waals surface area contributed by atoms with Crippen molar-refractivity contribution >= 4 is 5.69 Å². The predicted molar refractivity (Wildman–Crippen MR) is 63.0 cm³/mol. The number of anilines is 1. The molecular formula is C13H16N2O. The molecule has 0 aliphatic heterocycles. The molecule has 2 N–H and O–H groups in total. The molecule has 1 aliphatic rings. The van der Waals surface area contributed by atoms with Crippen LogP contribution in [-0.4, -0.2) is 17.8 Å². The first-order valence-corrected chi connectivity index (χ1v) is 5.71. The maximum absolute atomic E-state index is 9.68. The number of benzene rings is 1. The van der Waals surface area contributed by atoms with Gasteiger partial charge in [-0.25, -0.2) is 0 Å². The lowest BCUT2D eigenvalue weighted by Gasteiger charge is -2.15. The van der Waals surface area contributed by atoms with Gasteiger partial charge >= 0.3 is 0 Å². The molecule has 1 aromatic carbocycles. The number of rotatable bonds is 3. The van der Waals surface area contributed by atoms with Crippen LogP contribution in [0.25, 0.3) is 0 Å². The fourth-order valence-corrected chi connectivity index (χ4v) is 2.20. The van der Waals surface area contributed by atoms with E-state index in [1.165, 1.54) is 0 Å². The molecule has 3 heteroatoms. The largest absolute Gasteiger partial charge is 0.393 e. The van der Waals surface area contributed by atoms with Gasteiger partial charge in [-0.1, -0.05) is 12.5 Å². The summed E-state index contributed by atoms with van der Waals surface area (Å²) in [6.45, 7) is 0.788. The third-order valence-corrected chi connectivity index (χ3v) is 3.18. The Morgan fingerprint density at radius 2 is 2.31 bits per heavy atom. The number of aliphatic hydroxyl groups excluding tert-OH is 1. The summed E-state index contributed by atoms with van der Waals surface area (Å²) in [5, 5.41) is 21.7. The van der Waals surface area contributed by atoms with Gasteiger partial charge < -0.3 is 10.4 Å². The van der Waals surface area contributed by atoms with E-state index >= 15 is 0 Å². The zero-order valence-electron chi connectivity index (χ0n) is 9.19. The highest BCUT2D eigenvalue weighted by molar-refractivity contribution is 5.49. The highest BCUT2D eigenvalue weighted by Crippen LogP contribution is 2.25. The lowest BCUT2D eigenvalue weighted by Crippen LogP contribution is -2.21. The van der Waals surface area contributed by atoms with E-state index in [0.717, 1.165) is 31.5 Å². The van der Waals surface area contributed by atoms with Crippen molar-refractivity contribution in [2.24, 2.45) is 5.92 Å². The molecule has 84 valence electrons. The van der Waals surface area contributed by atoms with Crippen LogP contribution in [0, 0.1) is 17.2 Å². The van der Waals surface area contributed by atoms with Gasteiger partial charge in [0.05, 0.1) is 17.7 Å². The Labute approximate surface area is 95.7 Å². The van der Waals surface area contributed by atoms with Crippen LogP contribution in [0.4, 0.5) is 5.69 Å². The first kappa shape index (κ1) is 11.0. The van der Waals surface area contributed by atoms with Crippen LogP contribution in [-0.2, 0) is 0 Å². The number of hydrogen-bond donors (Lipinski definition) is 2. The molecule has 0 heterocycles. The van der Waals surface area contributed by atoms with E-state index in [9.17, 15) is 5.11 Å². The number of hydrogen-bond acceptors (Lipinski definition) is 3. The number of aliphatic hydroxyl groups is 1. The van der Waals surface area contributed by atoms with Crippen molar-refractivity contribution in [1.82, 2.24) is 0 Å². The minimum atomic E-state index is -0.161. The van der Waals surface area contributed by atoms with Crippen molar-refractivity contribution in [2.45, 2.75) is 25.4 Å². The quantitative estimate of drug-likeness (QED) is 0.813. The van der Waals surface area contributed by atoms with Crippen molar-refractivity contribution in [3.8, 4) is 6.07 Å². The molecule has 0 saturated heterocycles. The molecule has 1 aromatic rings. The molecule has 0 amide bonds. The second-order valence-electron chi connectivity index (χ2n) is 4.33. The summed E-state index contributed by atoms with van der Waals surface area (Å²) in [6.07, 6.45) is 2.97. The average molecular weight is 216 g/mol. The number of nitrogens with zero attached hydrogens (tertiary/aromatic N) is 1. The van der Waals surface area contributed by atoms with Crippen molar-refractivity contribution in [3.63, 3.8) is 0 Å². The summed E-state index contributed by atoms with van der Waals surface area (Å²) in [6, 6.07) is 9.55. The van der Waals surface area contributed by atoms with Gasteiger partial charge in [0.1, 0.15) is 0 Å². The Kier molecular flexibility index (Phi) is 3.43. The van der Waals surface area contributed by atoms with Gasteiger partial charge in [-0.2, -0.15) is 5.26 Å². The van der Waals surface area contributed by atoms with Crippen LogP contribution in [0.3, 0.4) is 0 Å². The van der Waals surface area contributed by atoms with Crippen LogP contribution < -0.4 is 5.32 Å². The van der Waals surface area contributed by atoms with Crippen molar-refractivity contribution in [3.05, 3.63) is 29.8 Å². The molecule has 2 unspecified atom stereocenters. The van der Waals surface area contributed by atoms with Crippen LogP contribution in [0.15, 0.2) is 24.3 Å². The summed E-state index contributed by atoms with van der Waals surface area (Å²) in [7, 11) is 0. The lowest BCUT2D eigenvalue weighted by atomic mass is 10.1. The second kappa shape index (κ2) is 5.00. The molecule has 2 atom stereocenters. The molecule has 2 rings (SSSR count). The molecule has 1 aliphatic carbocycles. The fraction of sp³-hybridized carbons (Fsp3) is 0.462. The first-order valence-electron chi connectivity index (χ1n) is 5.71. The smallest absolute Gasteiger partial charge is 0.0992 e. The van der Waals surface area contributed by atoms with Gasteiger partial charge in [-0.3, -0.25) is 0 Å². The third kappa shape index (κ3) is 2.53. The molecule has 0 bridgehead atoms. The van der Waals surface area contributed by atoms with E-state index < -0.39 is 0 Å². The molecule has 0 radical (unpaired) electrons. The summed E-state index contributed by atoms with van der Waals surface area (Å²) < 4.78 is 0. The summed E-state index contributed by atoms with van der Waals surface area (Å²) in [5.41, 5.74) is 1.62. The van der Waals surface area contributed by atoms with Gasteiger partial charge in [0.15, 0.2) is 0 Å². The Hall–Kier alpha value is -1.53. The Bertz CT molecular complexity index is 397. The van der Waals surface area contributed by atoms with Crippen LogP contribution >= 0.6 is 0 Å². The maximum atomic E-state index is 9.68. The first-order chi connectivity index (χ1) is 7.79. The average Bonchev–Trinajstić information content (AvgIpc) is 2.72. The SMILES string of the molecule is N#Cc1cccc(NCC2CCCC2O)c1. The monoisotopic (exact) mass is 216 g/mol. The molecule has 16 heavy (non-hydrogen) atoms. The molecule has 0 spiro atoms. The van der Waals surface area contributed by atoms with Crippen LogP contribution in [0.2, 0.25) is 0 Å². The summed E-state index contributed by atoms with van der Waals surface area (Å²) in [4.78, 5) is 0. The van der Waals surface area contributed by atoms with Crippen LogP contribution in [0.1, 0.15) is 24.8 Å². The number of nitrogens with one attached hydrogen (secondary N) is 1. The Morgan fingerprint density at radius 3 is 3.00 bits per heavy atom. The Balaban J connectivity index is 1.92. The van der Waals surface area contributed by atoms with Crippen molar-refractivity contribution in [1.29, 1.82) is 5.26 Å². The van der Waals surface area contributed by atoms with E-state index in [1.807, 2.05) is 18.2 Å². The Morgan fingerprint density at radius 1 is 1.44 bits per heavy atom. The standard InChI is InChI=1S/C13H16N2O/c14-8-10-3-1-5-12(7-10)15-9-11-4-2-6-13(11)16/h1,3,5,7,11,13,15-16H,2,4,6,9H2. The second-order valence-corrected chi connectivity index (χ2v) is 4.33. The predicted octanol–water partition coefficient (Wildman–Crippen LogP) is 2.13. The molecule has 1 fully saturated rings. The number of nitriles is 1. The van der Waals surface area contributed by atoms with Gasteiger partial charge in [0.25, 0.3) is 0 Å². The zero-order valence-corrected chi connectivity index (χ0v) is 9.19. The van der Waals surface area contributed by atoms with E-state index in [2.05, 4.69) is 11.4 Å². The highest BCUT2D eigenvalue weighted by atomic mass is 16.3. The fourth-order valence-electron chi connectivity index (χ4n) is 2.20. The van der Waals surface area contributed by atoms with E-state index in [1.54, 1.807) is 6.07 Å². The van der Waals surface area contributed by atoms with Gasteiger partial charge in [-0.15, -0.1) is 0 Å². The van der Waals surface area contributed by atoms with Crippen molar-refractivity contribution < 1.29 is 5.11 Å². The highest BCUT2D eigenvalue weighted by Gasteiger charge is 2.24. The zero-order chi connectivity index (χ0) is 11.4.